The quantitative estimate of drug-likeness (QED) is 0.799. The van der Waals surface area contributed by atoms with Crippen molar-refractivity contribution in [2.24, 2.45) is 0 Å². The molecule has 0 spiro atoms. The molecule has 0 bridgehead atoms. The summed E-state index contributed by atoms with van der Waals surface area (Å²) < 4.78 is 0. The number of nitrogens with one attached hydrogen (secondary N) is 2. The molecule has 0 saturated carbocycles. The van der Waals surface area contributed by atoms with Gasteiger partial charge in [0, 0.05) is 5.69 Å². The fraction of sp³-hybridized carbons (Fsp3) is 0.462. The van der Waals surface area contributed by atoms with E-state index in [2.05, 4.69) is 24.5 Å². The zero-order chi connectivity index (χ0) is 12.0. The highest BCUT2D eigenvalue weighted by Gasteiger charge is 2.08. The van der Waals surface area contributed by atoms with Crippen LogP contribution in [0.3, 0.4) is 0 Å². The van der Waals surface area contributed by atoms with Gasteiger partial charge in [-0.3, -0.25) is 4.79 Å². The number of likely N-dealkylation sites (N-methyl/N-ethyl adjacent to an activating group) is 1. The normalized spacial score (nSPS) is 10.5. The molecular formula is C13H20N2O. The third-order valence-corrected chi connectivity index (χ3v) is 2.39. The molecule has 1 rings (SSSR count). The Bertz CT molecular complexity index is 348. The second kappa shape index (κ2) is 6.28. The molecule has 88 valence electrons. The third kappa shape index (κ3) is 3.66. The van der Waals surface area contributed by atoms with Crippen molar-refractivity contribution in [2.75, 3.05) is 18.4 Å². The summed E-state index contributed by atoms with van der Waals surface area (Å²) in [5, 5.41) is 5.93. The van der Waals surface area contributed by atoms with Gasteiger partial charge in [-0.05, 0) is 24.1 Å². The van der Waals surface area contributed by atoms with Crippen molar-refractivity contribution in [3.8, 4) is 0 Å². The second-order valence-electron chi connectivity index (χ2n) is 4.07. The molecule has 3 heteroatoms. The van der Waals surface area contributed by atoms with Crippen molar-refractivity contribution >= 4 is 11.6 Å². The zero-order valence-electron chi connectivity index (χ0n) is 10.2. The summed E-state index contributed by atoms with van der Waals surface area (Å²) in [6.45, 7) is 7.39. The first-order valence-corrected chi connectivity index (χ1v) is 5.74. The summed E-state index contributed by atoms with van der Waals surface area (Å²) in [5.41, 5.74) is 2.09. The number of hydrogen-bond acceptors (Lipinski definition) is 2. The van der Waals surface area contributed by atoms with Crippen molar-refractivity contribution < 1.29 is 4.79 Å². The minimum Gasteiger partial charge on any atom is -0.325 e. The number of para-hydroxylation sites is 1. The van der Waals surface area contributed by atoms with E-state index in [1.54, 1.807) is 0 Å². The van der Waals surface area contributed by atoms with Crippen molar-refractivity contribution in [2.45, 2.75) is 26.7 Å². The first kappa shape index (κ1) is 12.7. The Labute approximate surface area is 97.2 Å². The van der Waals surface area contributed by atoms with Crippen LogP contribution >= 0.6 is 0 Å². The van der Waals surface area contributed by atoms with Gasteiger partial charge in [-0.2, -0.15) is 0 Å². The summed E-state index contributed by atoms with van der Waals surface area (Å²) in [7, 11) is 0. The van der Waals surface area contributed by atoms with Gasteiger partial charge in [0.1, 0.15) is 0 Å². The molecule has 0 aromatic heterocycles. The van der Waals surface area contributed by atoms with E-state index in [1.165, 1.54) is 5.56 Å². The largest absolute Gasteiger partial charge is 0.325 e. The molecule has 0 unspecified atom stereocenters. The van der Waals surface area contributed by atoms with Crippen molar-refractivity contribution in [1.29, 1.82) is 0 Å². The Morgan fingerprint density at radius 2 is 2.00 bits per heavy atom. The van der Waals surface area contributed by atoms with E-state index in [-0.39, 0.29) is 5.91 Å². The van der Waals surface area contributed by atoms with Crippen LogP contribution in [0, 0.1) is 0 Å². The highest BCUT2D eigenvalue weighted by Crippen LogP contribution is 2.23. The number of carbonyl (C=O) groups is 1. The molecule has 0 radical (unpaired) electrons. The van der Waals surface area contributed by atoms with Crippen molar-refractivity contribution in [1.82, 2.24) is 5.32 Å². The first-order valence-electron chi connectivity index (χ1n) is 5.74. The van der Waals surface area contributed by atoms with Crippen LogP contribution in [0.25, 0.3) is 0 Å². The second-order valence-corrected chi connectivity index (χ2v) is 4.07. The number of rotatable bonds is 5. The average molecular weight is 220 g/mol. The molecule has 0 atom stereocenters. The lowest BCUT2D eigenvalue weighted by atomic mass is 10.0. The molecule has 1 aromatic rings. The van der Waals surface area contributed by atoms with Crippen LogP contribution in [-0.4, -0.2) is 19.0 Å². The van der Waals surface area contributed by atoms with E-state index in [1.807, 2.05) is 31.2 Å². The van der Waals surface area contributed by atoms with Crippen molar-refractivity contribution in [3.63, 3.8) is 0 Å². The van der Waals surface area contributed by atoms with Gasteiger partial charge in [0.2, 0.25) is 5.91 Å². The maximum Gasteiger partial charge on any atom is 0.238 e. The Morgan fingerprint density at radius 1 is 1.31 bits per heavy atom. The molecular weight excluding hydrogens is 200 g/mol. The number of carbonyl (C=O) groups excluding carboxylic acids is 1. The predicted octanol–water partition coefficient (Wildman–Crippen LogP) is 2.36. The summed E-state index contributed by atoms with van der Waals surface area (Å²) in [6.07, 6.45) is 0. The summed E-state index contributed by atoms with van der Waals surface area (Å²) in [4.78, 5) is 11.6. The Kier molecular flexibility index (Phi) is 4.99. The van der Waals surface area contributed by atoms with Gasteiger partial charge < -0.3 is 10.6 Å². The monoisotopic (exact) mass is 220 g/mol. The summed E-state index contributed by atoms with van der Waals surface area (Å²) >= 11 is 0. The van der Waals surface area contributed by atoms with Gasteiger partial charge in [0.25, 0.3) is 0 Å². The highest BCUT2D eigenvalue weighted by atomic mass is 16.1. The van der Waals surface area contributed by atoms with E-state index < -0.39 is 0 Å². The van der Waals surface area contributed by atoms with Gasteiger partial charge in [-0.15, -0.1) is 0 Å². The molecule has 0 heterocycles. The lowest BCUT2D eigenvalue weighted by Crippen LogP contribution is -2.28. The van der Waals surface area contributed by atoms with Gasteiger partial charge in [0.05, 0.1) is 6.54 Å². The maximum atomic E-state index is 11.6. The highest BCUT2D eigenvalue weighted by molar-refractivity contribution is 5.93. The summed E-state index contributed by atoms with van der Waals surface area (Å²) in [5.74, 6) is 0.422. The number of benzene rings is 1. The van der Waals surface area contributed by atoms with Crippen LogP contribution in [0.2, 0.25) is 0 Å². The standard InChI is InChI=1S/C13H20N2O/c1-4-14-9-13(16)15-12-8-6-5-7-11(12)10(2)3/h5-8,10,14H,4,9H2,1-3H3,(H,15,16). The smallest absolute Gasteiger partial charge is 0.238 e. The van der Waals surface area contributed by atoms with Crippen LogP contribution in [0.4, 0.5) is 5.69 Å². The van der Waals surface area contributed by atoms with Gasteiger partial charge in [-0.1, -0.05) is 39.0 Å². The average Bonchev–Trinajstić information content (AvgIpc) is 2.27. The van der Waals surface area contributed by atoms with E-state index >= 15 is 0 Å². The number of anilines is 1. The minimum absolute atomic E-state index is 0.00921. The van der Waals surface area contributed by atoms with Crippen LogP contribution in [-0.2, 0) is 4.79 Å². The van der Waals surface area contributed by atoms with Crippen LogP contribution in [0.1, 0.15) is 32.3 Å². The first-order chi connectivity index (χ1) is 7.65. The van der Waals surface area contributed by atoms with E-state index in [0.717, 1.165) is 12.2 Å². The molecule has 3 nitrogen and oxygen atoms in total. The number of hydrogen-bond donors (Lipinski definition) is 2. The van der Waals surface area contributed by atoms with Crippen LogP contribution < -0.4 is 10.6 Å². The van der Waals surface area contributed by atoms with E-state index in [4.69, 9.17) is 0 Å². The molecule has 0 saturated heterocycles. The van der Waals surface area contributed by atoms with Gasteiger partial charge >= 0.3 is 0 Å². The fourth-order valence-corrected chi connectivity index (χ4v) is 1.55. The topological polar surface area (TPSA) is 41.1 Å². The SMILES string of the molecule is CCNCC(=O)Nc1ccccc1C(C)C. The lowest BCUT2D eigenvalue weighted by molar-refractivity contribution is -0.115. The van der Waals surface area contributed by atoms with E-state index in [0.29, 0.717) is 12.5 Å². The fourth-order valence-electron chi connectivity index (χ4n) is 1.55. The predicted molar refractivity (Wildman–Crippen MR) is 67.7 cm³/mol. The lowest BCUT2D eigenvalue weighted by Gasteiger charge is -2.13. The maximum absolute atomic E-state index is 11.6. The van der Waals surface area contributed by atoms with Crippen LogP contribution in [0.5, 0.6) is 0 Å². The van der Waals surface area contributed by atoms with Crippen molar-refractivity contribution in [3.05, 3.63) is 29.8 Å². The molecule has 0 fully saturated rings. The molecule has 0 aliphatic rings. The number of amides is 1. The molecule has 0 aliphatic heterocycles. The van der Waals surface area contributed by atoms with Crippen LogP contribution in [0.15, 0.2) is 24.3 Å². The van der Waals surface area contributed by atoms with Gasteiger partial charge in [-0.25, -0.2) is 0 Å². The Morgan fingerprint density at radius 3 is 2.62 bits per heavy atom. The minimum atomic E-state index is 0.00921. The summed E-state index contributed by atoms with van der Waals surface area (Å²) in [6, 6.07) is 7.93. The third-order valence-electron chi connectivity index (χ3n) is 2.39. The Hall–Kier alpha value is -1.35. The molecule has 2 N–H and O–H groups in total. The Balaban J connectivity index is 2.69. The molecule has 1 amide bonds. The molecule has 16 heavy (non-hydrogen) atoms. The molecule has 0 aliphatic carbocycles. The van der Waals surface area contributed by atoms with Gasteiger partial charge in [0.15, 0.2) is 0 Å². The van der Waals surface area contributed by atoms with E-state index in [9.17, 15) is 4.79 Å². The molecule has 1 aromatic carbocycles. The zero-order valence-corrected chi connectivity index (χ0v) is 10.2.